The van der Waals surface area contributed by atoms with Gasteiger partial charge in [0.1, 0.15) is 0 Å². The van der Waals surface area contributed by atoms with E-state index in [0.717, 1.165) is 13.0 Å². The molecule has 0 radical (unpaired) electrons. The summed E-state index contributed by atoms with van der Waals surface area (Å²) >= 11 is 0. The van der Waals surface area contributed by atoms with Gasteiger partial charge in [-0.2, -0.15) is 5.26 Å². The molecule has 1 aromatic rings. The monoisotopic (exact) mass is 216 g/mol. The molecule has 0 amide bonds. The molecule has 0 aliphatic carbocycles. The molecule has 0 N–H and O–H groups in total. The van der Waals surface area contributed by atoms with Gasteiger partial charge in [0.05, 0.1) is 0 Å². The number of benzene rings is 1. The Morgan fingerprint density at radius 3 is 2.19 bits per heavy atom. The van der Waals surface area contributed by atoms with Gasteiger partial charge < -0.3 is 4.90 Å². The Bertz CT molecular complexity index is 365. The molecule has 0 fully saturated rings. The third-order valence-corrected chi connectivity index (χ3v) is 2.73. The lowest BCUT2D eigenvalue weighted by Crippen LogP contribution is -2.15. The van der Waals surface area contributed by atoms with E-state index < -0.39 is 0 Å². The predicted molar refractivity (Wildman–Crippen MR) is 67.1 cm³/mol. The van der Waals surface area contributed by atoms with Gasteiger partial charge in [-0.05, 0) is 23.0 Å². The lowest BCUT2D eigenvalue weighted by molar-refractivity contribution is 0.478. The van der Waals surface area contributed by atoms with E-state index in [1.54, 1.807) is 4.90 Å². The Hall–Kier alpha value is -1.49. The number of nitrogens with zero attached hydrogens (tertiary/aromatic N) is 2. The smallest absolute Gasteiger partial charge is 0.179 e. The summed E-state index contributed by atoms with van der Waals surface area (Å²) in [6, 6.07) is 8.68. The van der Waals surface area contributed by atoms with Gasteiger partial charge in [0.2, 0.25) is 0 Å². The molecule has 2 heteroatoms. The van der Waals surface area contributed by atoms with Crippen molar-refractivity contribution in [1.82, 2.24) is 4.90 Å². The molecule has 0 aromatic heterocycles. The summed E-state index contributed by atoms with van der Waals surface area (Å²) in [5, 5.41) is 8.64. The maximum absolute atomic E-state index is 8.64. The van der Waals surface area contributed by atoms with Crippen LogP contribution in [0.4, 0.5) is 0 Å². The third kappa shape index (κ3) is 3.58. The lowest BCUT2D eigenvalue weighted by Gasteiger charge is -2.19. The summed E-state index contributed by atoms with van der Waals surface area (Å²) in [7, 11) is 1.81. The molecule has 0 saturated carbocycles. The van der Waals surface area contributed by atoms with Crippen LogP contribution in [0.5, 0.6) is 0 Å². The van der Waals surface area contributed by atoms with Crippen molar-refractivity contribution < 1.29 is 0 Å². The second-order valence-electron chi connectivity index (χ2n) is 5.22. The number of rotatable bonds is 3. The first kappa shape index (κ1) is 12.6. The fraction of sp³-hybridized carbons (Fsp3) is 0.500. The van der Waals surface area contributed by atoms with Gasteiger partial charge >= 0.3 is 0 Å². The van der Waals surface area contributed by atoms with Crippen LogP contribution in [-0.4, -0.2) is 18.5 Å². The topological polar surface area (TPSA) is 27.0 Å². The standard InChI is InChI=1S/C14H20N2/c1-14(2,3)13-7-5-12(6-8-13)9-10-16(4)11-15/h5-8H,9-10H2,1-4H3. The quantitative estimate of drug-likeness (QED) is 0.574. The molecule has 0 saturated heterocycles. The van der Waals surface area contributed by atoms with Crippen LogP contribution in [0, 0.1) is 11.5 Å². The van der Waals surface area contributed by atoms with E-state index >= 15 is 0 Å². The molecular formula is C14H20N2. The Morgan fingerprint density at radius 2 is 1.75 bits per heavy atom. The van der Waals surface area contributed by atoms with Gasteiger partial charge in [0.25, 0.3) is 0 Å². The molecule has 1 aromatic carbocycles. The zero-order valence-corrected chi connectivity index (χ0v) is 10.6. The zero-order chi connectivity index (χ0) is 12.2. The van der Waals surface area contributed by atoms with E-state index in [4.69, 9.17) is 5.26 Å². The first-order chi connectivity index (χ1) is 7.43. The molecule has 2 nitrogen and oxygen atoms in total. The van der Waals surface area contributed by atoms with Gasteiger partial charge in [-0.3, -0.25) is 0 Å². The first-order valence-electron chi connectivity index (χ1n) is 5.64. The molecular weight excluding hydrogens is 196 g/mol. The van der Waals surface area contributed by atoms with Crippen molar-refractivity contribution >= 4 is 0 Å². The van der Waals surface area contributed by atoms with Gasteiger partial charge in [-0.25, -0.2) is 0 Å². The van der Waals surface area contributed by atoms with Gasteiger partial charge in [-0.1, -0.05) is 45.0 Å². The van der Waals surface area contributed by atoms with E-state index in [1.807, 2.05) is 7.05 Å². The van der Waals surface area contributed by atoms with Crippen LogP contribution in [0.3, 0.4) is 0 Å². The van der Waals surface area contributed by atoms with E-state index in [9.17, 15) is 0 Å². The van der Waals surface area contributed by atoms with Crippen LogP contribution in [-0.2, 0) is 11.8 Å². The van der Waals surface area contributed by atoms with Gasteiger partial charge in [-0.15, -0.1) is 0 Å². The molecule has 0 unspecified atom stereocenters. The van der Waals surface area contributed by atoms with Crippen LogP contribution in [0.25, 0.3) is 0 Å². The van der Waals surface area contributed by atoms with Crippen LogP contribution in [0.15, 0.2) is 24.3 Å². The summed E-state index contributed by atoms with van der Waals surface area (Å²) in [5.74, 6) is 0. The minimum absolute atomic E-state index is 0.210. The number of hydrogen-bond donors (Lipinski definition) is 0. The third-order valence-electron chi connectivity index (χ3n) is 2.73. The Balaban J connectivity index is 2.63. The SMILES string of the molecule is CN(C#N)CCc1ccc(C(C)(C)C)cc1. The highest BCUT2D eigenvalue weighted by atomic mass is 15.1. The van der Waals surface area contributed by atoms with E-state index in [2.05, 4.69) is 51.2 Å². The minimum atomic E-state index is 0.210. The van der Waals surface area contributed by atoms with Crippen molar-refractivity contribution in [2.45, 2.75) is 32.6 Å². The minimum Gasteiger partial charge on any atom is -0.313 e. The fourth-order valence-electron chi connectivity index (χ4n) is 1.52. The molecule has 86 valence electrons. The average Bonchev–Trinajstić information content (AvgIpc) is 2.25. The highest BCUT2D eigenvalue weighted by Crippen LogP contribution is 2.22. The molecule has 0 aliphatic heterocycles. The zero-order valence-electron chi connectivity index (χ0n) is 10.6. The molecule has 0 atom stereocenters. The summed E-state index contributed by atoms with van der Waals surface area (Å²) in [6.07, 6.45) is 3.03. The van der Waals surface area contributed by atoms with E-state index in [0.29, 0.717) is 0 Å². The molecule has 1 rings (SSSR count). The maximum Gasteiger partial charge on any atom is 0.179 e. The van der Waals surface area contributed by atoms with Crippen molar-refractivity contribution in [2.24, 2.45) is 0 Å². The van der Waals surface area contributed by atoms with Crippen molar-refractivity contribution in [3.05, 3.63) is 35.4 Å². The fourth-order valence-corrected chi connectivity index (χ4v) is 1.52. The summed E-state index contributed by atoms with van der Waals surface area (Å²) in [5.41, 5.74) is 2.85. The van der Waals surface area contributed by atoms with Crippen LogP contribution >= 0.6 is 0 Å². The molecule has 0 aliphatic rings. The highest BCUT2D eigenvalue weighted by Gasteiger charge is 2.12. The normalized spacial score (nSPS) is 10.9. The summed E-state index contributed by atoms with van der Waals surface area (Å²) < 4.78 is 0. The predicted octanol–water partition coefficient (Wildman–Crippen LogP) is 2.94. The largest absolute Gasteiger partial charge is 0.313 e. The number of likely N-dealkylation sites (N-methyl/N-ethyl adjacent to an activating group) is 1. The van der Waals surface area contributed by atoms with Crippen molar-refractivity contribution in [3.63, 3.8) is 0 Å². The van der Waals surface area contributed by atoms with Crippen molar-refractivity contribution in [1.29, 1.82) is 5.26 Å². The van der Waals surface area contributed by atoms with Crippen LogP contribution in [0.1, 0.15) is 31.9 Å². The first-order valence-corrected chi connectivity index (χ1v) is 5.64. The van der Waals surface area contributed by atoms with Crippen LogP contribution < -0.4 is 0 Å². The van der Waals surface area contributed by atoms with Crippen molar-refractivity contribution in [3.8, 4) is 6.19 Å². The Morgan fingerprint density at radius 1 is 1.19 bits per heavy atom. The second-order valence-corrected chi connectivity index (χ2v) is 5.22. The number of hydrogen-bond acceptors (Lipinski definition) is 2. The van der Waals surface area contributed by atoms with Crippen molar-refractivity contribution in [2.75, 3.05) is 13.6 Å². The molecule has 0 heterocycles. The molecule has 0 spiro atoms. The maximum atomic E-state index is 8.64. The average molecular weight is 216 g/mol. The second kappa shape index (κ2) is 5.03. The van der Waals surface area contributed by atoms with Crippen LogP contribution in [0.2, 0.25) is 0 Å². The van der Waals surface area contributed by atoms with Gasteiger partial charge in [0.15, 0.2) is 6.19 Å². The summed E-state index contributed by atoms with van der Waals surface area (Å²) in [6.45, 7) is 7.42. The van der Waals surface area contributed by atoms with E-state index in [1.165, 1.54) is 11.1 Å². The molecule has 0 bridgehead atoms. The summed E-state index contributed by atoms with van der Waals surface area (Å²) in [4.78, 5) is 1.65. The Kier molecular flexibility index (Phi) is 3.95. The number of nitriles is 1. The van der Waals surface area contributed by atoms with Gasteiger partial charge in [0, 0.05) is 13.6 Å². The Labute approximate surface area is 98.5 Å². The highest BCUT2D eigenvalue weighted by molar-refractivity contribution is 5.27. The van der Waals surface area contributed by atoms with E-state index in [-0.39, 0.29) is 5.41 Å². The molecule has 16 heavy (non-hydrogen) atoms. The lowest BCUT2D eigenvalue weighted by atomic mass is 9.86.